The maximum Gasteiger partial charge on any atom is 0.125 e. The van der Waals surface area contributed by atoms with Crippen LogP contribution >= 0.6 is 0 Å². The van der Waals surface area contributed by atoms with Crippen molar-refractivity contribution < 1.29 is 4.39 Å². The van der Waals surface area contributed by atoms with Crippen LogP contribution in [0, 0.1) is 24.1 Å². The van der Waals surface area contributed by atoms with Crippen LogP contribution in [-0.4, -0.2) is 9.55 Å². The van der Waals surface area contributed by atoms with E-state index in [2.05, 4.69) is 11.1 Å². The molecular formula is C15H10FN3. The van der Waals surface area contributed by atoms with Crippen LogP contribution < -0.4 is 0 Å². The molecule has 0 bridgehead atoms. The Kier molecular flexibility index (Phi) is 2.53. The molecule has 0 spiro atoms. The monoisotopic (exact) mass is 251 g/mol. The van der Waals surface area contributed by atoms with Crippen molar-refractivity contribution in [2.45, 2.75) is 6.92 Å². The van der Waals surface area contributed by atoms with Crippen LogP contribution in [0.4, 0.5) is 4.39 Å². The molecule has 0 saturated carbocycles. The lowest BCUT2D eigenvalue weighted by molar-refractivity contribution is 0.629. The van der Waals surface area contributed by atoms with E-state index in [-0.39, 0.29) is 5.82 Å². The summed E-state index contributed by atoms with van der Waals surface area (Å²) in [5.41, 5.74) is 2.94. The van der Waals surface area contributed by atoms with Gasteiger partial charge in [0.05, 0.1) is 22.7 Å². The van der Waals surface area contributed by atoms with Crippen molar-refractivity contribution in [2.75, 3.05) is 0 Å². The summed E-state index contributed by atoms with van der Waals surface area (Å²) < 4.78 is 15.3. The zero-order valence-electron chi connectivity index (χ0n) is 10.3. The molecule has 0 aliphatic rings. The Morgan fingerprint density at radius 2 is 1.89 bits per heavy atom. The van der Waals surface area contributed by atoms with Crippen molar-refractivity contribution in [3.63, 3.8) is 0 Å². The third-order valence-electron chi connectivity index (χ3n) is 3.04. The number of aromatic nitrogens is 2. The first-order chi connectivity index (χ1) is 9.19. The van der Waals surface area contributed by atoms with Crippen LogP contribution in [0.1, 0.15) is 11.4 Å². The minimum Gasteiger partial charge on any atom is -0.296 e. The van der Waals surface area contributed by atoms with Gasteiger partial charge >= 0.3 is 0 Å². The summed E-state index contributed by atoms with van der Waals surface area (Å²) in [6.07, 6.45) is 0. The highest BCUT2D eigenvalue weighted by Gasteiger charge is 2.09. The minimum absolute atomic E-state index is 0.290. The minimum atomic E-state index is -0.290. The quantitative estimate of drug-likeness (QED) is 0.665. The van der Waals surface area contributed by atoms with E-state index in [9.17, 15) is 4.39 Å². The van der Waals surface area contributed by atoms with Gasteiger partial charge in [-0.15, -0.1) is 0 Å². The lowest BCUT2D eigenvalue weighted by Crippen LogP contribution is -1.96. The number of fused-ring (bicyclic) bond motifs is 1. The Balaban J connectivity index is 2.26. The van der Waals surface area contributed by atoms with Gasteiger partial charge in [-0.2, -0.15) is 5.26 Å². The summed E-state index contributed by atoms with van der Waals surface area (Å²) in [7, 11) is 0. The SMILES string of the molecule is Cc1nc2ccc(F)cc2n1-c1ccc(C#N)cc1. The van der Waals surface area contributed by atoms with Gasteiger partial charge in [0, 0.05) is 11.8 Å². The Labute approximate surface area is 109 Å². The fourth-order valence-corrected chi connectivity index (χ4v) is 2.18. The first-order valence-corrected chi connectivity index (χ1v) is 5.84. The van der Waals surface area contributed by atoms with Gasteiger partial charge in [0.15, 0.2) is 0 Å². The first-order valence-electron chi connectivity index (χ1n) is 5.84. The number of imidazole rings is 1. The van der Waals surface area contributed by atoms with Gasteiger partial charge < -0.3 is 0 Å². The molecule has 3 nitrogen and oxygen atoms in total. The molecular weight excluding hydrogens is 241 g/mol. The molecule has 2 aromatic carbocycles. The normalized spacial score (nSPS) is 10.6. The standard InChI is InChI=1S/C15H10FN3/c1-10-18-14-7-4-12(16)8-15(14)19(10)13-5-2-11(9-17)3-6-13/h2-8H,1H3. The second-order valence-electron chi connectivity index (χ2n) is 4.29. The van der Waals surface area contributed by atoms with E-state index in [1.54, 1.807) is 18.2 Å². The fraction of sp³-hybridized carbons (Fsp3) is 0.0667. The molecule has 3 rings (SSSR count). The lowest BCUT2D eigenvalue weighted by Gasteiger charge is -2.06. The molecule has 0 radical (unpaired) electrons. The van der Waals surface area contributed by atoms with Gasteiger partial charge in [-0.1, -0.05) is 0 Å². The summed E-state index contributed by atoms with van der Waals surface area (Å²) in [5, 5.41) is 8.80. The molecule has 4 heteroatoms. The number of halogens is 1. The average molecular weight is 251 g/mol. The molecule has 19 heavy (non-hydrogen) atoms. The van der Waals surface area contributed by atoms with Gasteiger partial charge in [0.2, 0.25) is 0 Å². The number of aryl methyl sites for hydroxylation is 1. The third kappa shape index (κ3) is 1.85. The number of hydrogen-bond acceptors (Lipinski definition) is 2. The molecule has 0 atom stereocenters. The number of benzene rings is 2. The van der Waals surface area contributed by atoms with Crippen molar-refractivity contribution in [1.29, 1.82) is 5.26 Å². The smallest absolute Gasteiger partial charge is 0.125 e. The topological polar surface area (TPSA) is 41.6 Å². The Hall–Kier alpha value is -2.67. The summed E-state index contributed by atoms with van der Waals surface area (Å²) in [5.74, 6) is 0.493. The van der Waals surface area contributed by atoms with E-state index in [1.165, 1.54) is 12.1 Å². The molecule has 3 aromatic rings. The van der Waals surface area contributed by atoms with Crippen molar-refractivity contribution >= 4 is 11.0 Å². The zero-order chi connectivity index (χ0) is 13.4. The first kappa shape index (κ1) is 11.4. The number of hydrogen-bond donors (Lipinski definition) is 0. The van der Waals surface area contributed by atoms with E-state index in [4.69, 9.17) is 5.26 Å². The Morgan fingerprint density at radius 1 is 1.16 bits per heavy atom. The van der Waals surface area contributed by atoms with Crippen molar-refractivity contribution in [3.05, 3.63) is 59.7 Å². The molecule has 0 fully saturated rings. The van der Waals surface area contributed by atoms with Gasteiger partial charge in [-0.25, -0.2) is 9.37 Å². The van der Waals surface area contributed by atoms with Crippen LogP contribution in [0.2, 0.25) is 0 Å². The summed E-state index contributed by atoms with van der Waals surface area (Å²) >= 11 is 0. The highest BCUT2D eigenvalue weighted by Crippen LogP contribution is 2.22. The van der Waals surface area contributed by atoms with Crippen molar-refractivity contribution in [3.8, 4) is 11.8 Å². The van der Waals surface area contributed by atoms with E-state index in [1.807, 2.05) is 23.6 Å². The fourth-order valence-electron chi connectivity index (χ4n) is 2.18. The molecule has 0 saturated heterocycles. The van der Waals surface area contributed by atoms with E-state index in [0.29, 0.717) is 5.56 Å². The summed E-state index contributed by atoms with van der Waals surface area (Å²) in [4.78, 5) is 4.40. The molecule has 92 valence electrons. The molecule has 0 unspecified atom stereocenters. The van der Waals surface area contributed by atoms with Crippen LogP contribution in [0.3, 0.4) is 0 Å². The average Bonchev–Trinajstić information content (AvgIpc) is 2.74. The zero-order valence-corrected chi connectivity index (χ0v) is 10.3. The van der Waals surface area contributed by atoms with Crippen LogP contribution in [0.15, 0.2) is 42.5 Å². The largest absolute Gasteiger partial charge is 0.296 e. The molecule has 0 aliphatic heterocycles. The summed E-state index contributed by atoms with van der Waals surface area (Å²) in [6, 6.07) is 13.7. The van der Waals surface area contributed by atoms with Gasteiger partial charge in [0.1, 0.15) is 11.6 Å². The number of nitrogens with zero attached hydrogens (tertiary/aromatic N) is 3. The van der Waals surface area contributed by atoms with E-state index in [0.717, 1.165) is 22.5 Å². The third-order valence-corrected chi connectivity index (χ3v) is 3.04. The Bertz CT molecular complexity index is 795. The second kappa shape index (κ2) is 4.21. The highest BCUT2D eigenvalue weighted by atomic mass is 19.1. The molecule has 0 amide bonds. The Morgan fingerprint density at radius 3 is 2.58 bits per heavy atom. The predicted molar refractivity (Wildman–Crippen MR) is 70.5 cm³/mol. The van der Waals surface area contributed by atoms with Crippen molar-refractivity contribution in [2.24, 2.45) is 0 Å². The molecule has 0 aliphatic carbocycles. The molecule has 1 aromatic heterocycles. The highest BCUT2D eigenvalue weighted by molar-refractivity contribution is 5.78. The number of nitriles is 1. The van der Waals surface area contributed by atoms with Crippen molar-refractivity contribution in [1.82, 2.24) is 9.55 Å². The van der Waals surface area contributed by atoms with Gasteiger partial charge in [0.25, 0.3) is 0 Å². The molecule has 1 heterocycles. The predicted octanol–water partition coefficient (Wildman–Crippen LogP) is 3.34. The maximum absolute atomic E-state index is 13.4. The van der Waals surface area contributed by atoms with Gasteiger partial charge in [-0.3, -0.25) is 4.57 Å². The van der Waals surface area contributed by atoms with E-state index < -0.39 is 0 Å². The van der Waals surface area contributed by atoms with E-state index >= 15 is 0 Å². The van der Waals surface area contributed by atoms with Crippen LogP contribution in [0.5, 0.6) is 0 Å². The second-order valence-corrected chi connectivity index (χ2v) is 4.29. The van der Waals surface area contributed by atoms with Gasteiger partial charge in [-0.05, 0) is 43.3 Å². The van der Waals surface area contributed by atoms with Crippen LogP contribution in [-0.2, 0) is 0 Å². The number of rotatable bonds is 1. The molecule has 0 N–H and O–H groups in total. The lowest BCUT2D eigenvalue weighted by atomic mass is 10.2. The van der Waals surface area contributed by atoms with Crippen LogP contribution in [0.25, 0.3) is 16.7 Å². The summed E-state index contributed by atoms with van der Waals surface area (Å²) in [6.45, 7) is 1.87. The maximum atomic E-state index is 13.4.